The van der Waals surface area contributed by atoms with Crippen LogP contribution in [0.5, 0.6) is 0 Å². The molecule has 0 bridgehead atoms. The van der Waals surface area contributed by atoms with Crippen LogP contribution in [0, 0.1) is 0 Å². The lowest BCUT2D eigenvalue weighted by Crippen LogP contribution is -2.43. The van der Waals surface area contributed by atoms with E-state index in [2.05, 4.69) is 20.6 Å². The van der Waals surface area contributed by atoms with Crippen LogP contribution in [-0.2, 0) is 19.3 Å². The molecule has 6 nitrogen and oxygen atoms in total. The van der Waals surface area contributed by atoms with Gasteiger partial charge in [-0.2, -0.15) is 0 Å². The van der Waals surface area contributed by atoms with Crippen molar-refractivity contribution in [1.29, 1.82) is 0 Å². The molecule has 94 valence electrons. The van der Waals surface area contributed by atoms with Gasteiger partial charge >= 0.3 is 11.9 Å². The van der Waals surface area contributed by atoms with Crippen molar-refractivity contribution in [3.63, 3.8) is 0 Å². The smallest absolute Gasteiger partial charge is 0.361 e. The van der Waals surface area contributed by atoms with Gasteiger partial charge in [0.2, 0.25) is 0 Å². The van der Waals surface area contributed by atoms with Crippen LogP contribution in [0.2, 0.25) is 0 Å². The molecule has 0 unspecified atom stereocenters. The molecule has 0 aromatic carbocycles. The van der Waals surface area contributed by atoms with Crippen molar-refractivity contribution in [2.45, 2.75) is 52.6 Å². The maximum atomic E-state index is 11.1. The summed E-state index contributed by atoms with van der Waals surface area (Å²) in [5.41, 5.74) is 4.00. The average Bonchev–Trinajstić information content (AvgIpc) is 2.07. The minimum Gasteiger partial charge on any atom is -0.361 e. The van der Waals surface area contributed by atoms with Crippen molar-refractivity contribution in [3.8, 4) is 0 Å². The van der Waals surface area contributed by atoms with E-state index in [0.29, 0.717) is 0 Å². The standard InChI is InChI=1S/C10H20N2O4/c1-9(2,3)11-15-7(13)8(14)16-12-10(4,5)6/h11-12H,1-6H3. The van der Waals surface area contributed by atoms with Gasteiger partial charge in [0.25, 0.3) is 0 Å². The topological polar surface area (TPSA) is 76.7 Å². The number of hydrogen-bond acceptors (Lipinski definition) is 6. The van der Waals surface area contributed by atoms with Gasteiger partial charge in [0, 0.05) is 11.1 Å². The Morgan fingerprint density at radius 3 is 1.19 bits per heavy atom. The third-order valence-corrected chi connectivity index (χ3v) is 1.07. The van der Waals surface area contributed by atoms with Crippen LogP contribution in [0.15, 0.2) is 0 Å². The van der Waals surface area contributed by atoms with Gasteiger partial charge in [-0.1, -0.05) is 0 Å². The van der Waals surface area contributed by atoms with E-state index in [1.54, 1.807) is 41.5 Å². The number of rotatable bonds is 2. The molecule has 0 fully saturated rings. The lowest BCUT2D eigenvalue weighted by Gasteiger charge is -2.20. The molecule has 0 aliphatic heterocycles. The predicted molar refractivity (Wildman–Crippen MR) is 58.0 cm³/mol. The Kier molecular flexibility index (Phi) is 4.89. The lowest BCUT2D eigenvalue weighted by molar-refractivity contribution is -0.180. The quantitative estimate of drug-likeness (QED) is 0.538. The van der Waals surface area contributed by atoms with Gasteiger partial charge in [-0.3, -0.25) is 0 Å². The molecule has 16 heavy (non-hydrogen) atoms. The van der Waals surface area contributed by atoms with Crippen molar-refractivity contribution in [3.05, 3.63) is 0 Å². The molecule has 0 heterocycles. The highest BCUT2D eigenvalue weighted by atomic mass is 16.7. The molecule has 0 aromatic heterocycles. The molecule has 0 spiro atoms. The van der Waals surface area contributed by atoms with Crippen LogP contribution in [0.25, 0.3) is 0 Å². The molecule has 0 aliphatic rings. The van der Waals surface area contributed by atoms with E-state index in [-0.39, 0.29) is 0 Å². The van der Waals surface area contributed by atoms with Crippen LogP contribution in [-0.4, -0.2) is 23.0 Å². The van der Waals surface area contributed by atoms with E-state index in [1.807, 2.05) is 0 Å². The van der Waals surface area contributed by atoms with E-state index in [9.17, 15) is 9.59 Å². The monoisotopic (exact) mass is 232 g/mol. The first-order valence-corrected chi connectivity index (χ1v) is 4.97. The molecule has 0 rings (SSSR count). The molecule has 0 radical (unpaired) electrons. The van der Waals surface area contributed by atoms with E-state index >= 15 is 0 Å². The lowest BCUT2D eigenvalue weighted by atomic mass is 10.1. The molecule has 0 aromatic rings. The second kappa shape index (κ2) is 5.27. The zero-order valence-electron chi connectivity index (χ0n) is 10.6. The fraction of sp³-hybridized carbons (Fsp3) is 0.800. The molecule has 0 amide bonds. The fourth-order valence-electron chi connectivity index (χ4n) is 0.482. The first kappa shape index (κ1) is 14.9. The number of hydrogen-bond donors (Lipinski definition) is 2. The minimum absolute atomic E-state index is 0.423. The van der Waals surface area contributed by atoms with E-state index in [1.165, 1.54) is 0 Å². The molecule has 0 saturated heterocycles. The van der Waals surface area contributed by atoms with Gasteiger partial charge in [-0.05, 0) is 41.5 Å². The van der Waals surface area contributed by atoms with Crippen molar-refractivity contribution < 1.29 is 19.3 Å². The van der Waals surface area contributed by atoms with Crippen molar-refractivity contribution in [2.24, 2.45) is 0 Å². The number of carbonyl (C=O) groups excluding carboxylic acids is 2. The molecule has 0 saturated carbocycles. The van der Waals surface area contributed by atoms with E-state index < -0.39 is 23.0 Å². The SMILES string of the molecule is CC(C)(C)NOC(=O)C(=O)ONC(C)(C)C. The second-order valence-electron chi connectivity index (χ2n) is 5.48. The van der Waals surface area contributed by atoms with Crippen molar-refractivity contribution in [2.75, 3.05) is 0 Å². The number of carbonyl (C=O) groups is 2. The number of nitrogens with one attached hydrogen (secondary N) is 2. The molecule has 0 aliphatic carbocycles. The van der Waals surface area contributed by atoms with Gasteiger partial charge in [0.1, 0.15) is 0 Å². The van der Waals surface area contributed by atoms with Crippen molar-refractivity contribution >= 4 is 11.9 Å². The Hall–Kier alpha value is -1.14. The summed E-state index contributed by atoms with van der Waals surface area (Å²) >= 11 is 0. The summed E-state index contributed by atoms with van der Waals surface area (Å²) in [7, 11) is 0. The predicted octanol–water partition coefficient (Wildman–Crippen LogP) is 0.679. The van der Waals surface area contributed by atoms with Gasteiger partial charge < -0.3 is 9.68 Å². The van der Waals surface area contributed by atoms with Crippen LogP contribution in [0.1, 0.15) is 41.5 Å². The summed E-state index contributed by atoms with van der Waals surface area (Å²) in [4.78, 5) is 31.3. The fourth-order valence-corrected chi connectivity index (χ4v) is 0.482. The Morgan fingerprint density at radius 2 is 1.00 bits per heavy atom. The van der Waals surface area contributed by atoms with Crippen LogP contribution in [0.4, 0.5) is 0 Å². The zero-order valence-corrected chi connectivity index (χ0v) is 10.6. The minimum atomic E-state index is -1.09. The Bertz CT molecular complexity index is 235. The average molecular weight is 232 g/mol. The summed E-state index contributed by atoms with van der Waals surface area (Å²) in [6, 6.07) is 0. The largest absolute Gasteiger partial charge is 0.437 e. The van der Waals surface area contributed by atoms with Gasteiger partial charge in [-0.25, -0.2) is 9.59 Å². The maximum absolute atomic E-state index is 11.1. The molecule has 2 N–H and O–H groups in total. The van der Waals surface area contributed by atoms with Gasteiger partial charge in [0.15, 0.2) is 0 Å². The Balaban J connectivity index is 3.97. The third kappa shape index (κ3) is 8.19. The second-order valence-corrected chi connectivity index (χ2v) is 5.48. The summed E-state index contributed by atoms with van der Waals surface area (Å²) in [6.07, 6.45) is 0. The van der Waals surface area contributed by atoms with Crippen LogP contribution < -0.4 is 11.0 Å². The molecule has 0 atom stereocenters. The van der Waals surface area contributed by atoms with E-state index in [0.717, 1.165) is 0 Å². The summed E-state index contributed by atoms with van der Waals surface area (Å²) in [6.45, 7) is 10.7. The highest BCUT2D eigenvalue weighted by Gasteiger charge is 2.23. The summed E-state index contributed by atoms with van der Waals surface area (Å²) in [5, 5.41) is 0. The molecular formula is C10H20N2O4. The van der Waals surface area contributed by atoms with Crippen molar-refractivity contribution in [1.82, 2.24) is 11.0 Å². The Labute approximate surface area is 95.6 Å². The van der Waals surface area contributed by atoms with Crippen LogP contribution in [0.3, 0.4) is 0 Å². The maximum Gasteiger partial charge on any atom is 0.437 e. The number of hydroxylamine groups is 2. The van der Waals surface area contributed by atoms with E-state index in [4.69, 9.17) is 0 Å². The highest BCUT2D eigenvalue weighted by molar-refractivity contribution is 6.29. The van der Waals surface area contributed by atoms with Gasteiger partial charge in [-0.15, -0.1) is 11.0 Å². The van der Waals surface area contributed by atoms with Crippen LogP contribution >= 0.6 is 0 Å². The molecular weight excluding hydrogens is 212 g/mol. The first-order valence-electron chi connectivity index (χ1n) is 4.97. The Morgan fingerprint density at radius 1 is 0.750 bits per heavy atom. The normalized spacial score (nSPS) is 12.1. The zero-order chi connectivity index (χ0) is 13.0. The third-order valence-electron chi connectivity index (χ3n) is 1.07. The summed E-state index contributed by atoms with van der Waals surface area (Å²) < 4.78 is 0. The first-order chi connectivity index (χ1) is 7.01. The van der Waals surface area contributed by atoms with Gasteiger partial charge in [0.05, 0.1) is 0 Å². The highest BCUT2D eigenvalue weighted by Crippen LogP contribution is 2.00. The summed E-state index contributed by atoms with van der Waals surface area (Å²) in [5.74, 6) is -2.18. The molecule has 6 heteroatoms.